The summed E-state index contributed by atoms with van der Waals surface area (Å²) in [4.78, 5) is 14.7. The van der Waals surface area contributed by atoms with Crippen LogP contribution in [-0.4, -0.2) is 49.9 Å². The molecule has 2 aliphatic rings. The van der Waals surface area contributed by atoms with E-state index >= 15 is 0 Å². The molecule has 132 valence electrons. The summed E-state index contributed by atoms with van der Waals surface area (Å²) in [5.41, 5.74) is 0.908. The number of tetrazole rings is 1. The summed E-state index contributed by atoms with van der Waals surface area (Å²) in [6, 6.07) is 9.77. The van der Waals surface area contributed by atoms with Crippen LogP contribution in [0.2, 0.25) is 0 Å². The lowest BCUT2D eigenvalue weighted by Crippen LogP contribution is -2.45. The van der Waals surface area contributed by atoms with Crippen molar-refractivity contribution in [1.29, 1.82) is 0 Å². The second-order valence-electron chi connectivity index (χ2n) is 6.93. The van der Waals surface area contributed by atoms with Crippen molar-refractivity contribution in [3.63, 3.8) is 0 Å². The van der Waals surface area contributed by atoms with Crippen LogP contribution in [0.4, 0.5) is 0 Å². The van der Waals surface area contributed by atoms with E-state index in [2.05, 4.69) is 20.4 Å². The molecule has 7 heteroatoms. The Hall–Kier alpha value is -1.89. The third-order valence-corrected chi connectivity index (χ3v) is 6.31. The molecule has 2 atom stereocenters. The number of fused-ring (bicyclic) bond motifs is 1. The summed E-state index contributed by atoms with van der Waals surface area (Å²) in [5, 5.41) is 12.5. The number of carbonyl (C=O) groups excluding carboxylic acids is 1. The van der Waals surface area contributed by atoms with E-state index in [1.165, 1.54) is 43.9 Å². The van der Waals surface area contributed by atoms with E-state index in [1.54, 1.807) is 4.68 Å². The molecule has 6 nitrogen and oxygen atoms in total. The van der Waals surface area contributed by atoms with Gasteiger partial charge in [0.25, 0.3) is 0 Å². The number of hydrogen-bond acceptors (Lipinski definition) is 5. The van der Waals surface area contributed by atoms with E-state index in [4.69, 9.17) is 0 Å². The second kappa shape index (κ2) is 7.56. The number of para-hydroxylation sites is 1. The summed E-state index contributed by atoms with van der Waals surface area (Å²) in [6.45, 7) is 1.85. The Labute approximate surface area is 152 Å². The predicted molar refractivity (Wildman–Crippen MR) is 96.5 cm³/mol. The predicted octanol–water partition coefficient (Wildman–Crippen LogP) is 2.79. The highest BCUT2D eigenvalue weighted by Crippen LogP contribution is 2.36. The number of carbonyl (C=O) groups is 1. The van der Waals surface area contributed by atoms with Crippen molar-refractivity contribution in [3.05, 3.63) is 30.3 Å². The molecule has 1 aromatic heterocycles. The van der Waals surface area contributed by atoms with Crippen molar-refractivity contribution >= 4 is 17.7 Å². The zero-order valence-corrected chi connectivity index (χ0v) is 15.1. The fourth-order valence-electron chi connectivity index (χ4n) is 4.05. The molecule has 4 rings (SSSR count). The van der Waals surface area contributed by atoms with Gasteiger partial charge in [-0.15, -0.1) is 5.10 Å². The molecule has 2 aromatic rings. The van der Waals surface area contributed by atoms with Crippen LogP contribution in [0.1, 0.15) is 32.1 Å². The Morgan fingerprint density at radius 3 is 2.76 bits per heavy atom. The monoisotopic (exact) mass is 357 g/mol. The Morgan fingerprint density at radius 1 is 1.12 bits per heavy atom. The van der Waals surface area contributed by atoms with Gasteiger partial charge in [-0.1, -0.05) is 49.2 Å². The molecular weight excluding hydrogens is 334 g/mol. The van der Waals surface area contributed by atoms with Gasteiger partial charge in [0.15, 0.2) is 0 Å². The molecule has 2 fully saturated rings. The van der Waals surface area contributed by atoms with Crippen LogP contribution in [0.15, 0.2) is 35.5 Å². The first kappa shape index (κ1) is 16.6. The highest BCUT2D eigenvalue weighted by molar-refractivity contribution is 7.99. The van der Waals surface area contributed by atoms with Crippen LogP contribution in [0.25, 0.3) is 5.69 Å². The van der Waals surface area contributed by atoms with Gasteiger partial charge in [0.05, 0.1) is 11.4 Å². The van der Waals surface area contributed by atoms with Crippen molar-refractivity contribution in [2.24, 2.45) is 11.8 Å². The number of nitrogens with zero attached hydrogens (tertiary/aromatic N) is 5. The third-order valence-electron chi connectivity index (χ3n) is 5.41. The van der Waals surface area contributed by atoms with Gasteiger partial charge in [0.2, 0.25) is 11.1 Å². The van der Waals surface area contributed by atoms with E-state index in [-0.39, 0.29) is 5.91 Å². The average Bonchev–Trinajstić information content (AvgIpc) is 3.15. The minimum atomic E-state index is 0.205. The third kappa shape index (κ3) is 3.71. The number of amides is 1. The van der Waals surface area contributed by atoms with Gasteiger partial charge in [-0.05, 0) is 47.2 Å². The van der Waals surface area contributed by atoms with Crippen LogP contribution < -0.4 is 0 Å². The van der Waals surface area contributed by atoms with Crippen LogP contribution >= 0.6 is 11.8 Å². The molecule has 0 N–H and O–H groups in total. The summed E-state index contributed by atoms with van der Waals surface area (Å²) in [5.74, 6) is 2.16. The molecule has 0 radical (unpaired) electrons. The fraction of sp³-hybridized carbons (Fsp3) is 0.556. The summed E-state index contributed by atoms with van der Waals surface area (Å²) in [7, 11) is 0. The number of rotatable bonds is 4. The van der Waals surface area contributed by atoms with Gasteiger partial charge < -0.3 is 4.90 Å². The number of piperidine rings is 1. The number of aromatic nitrogens is 4. The van der Waals surface area contributed by atoms with Gasteiger partial charge in [-0.2, -0.15) is 4.68 Å². The Morgan fingerprint density at radius 2 is 1.92 bits per heavy atom. The van der Waals surface area contributed by atoms with E-state index in [0.717, 1.165) is 24.7 Å². The largest absolute Gasteiger partial charge is 0.342 e. The zero-order valence-electron chi connectivity index (χ0n) is 14.3. The molecule has 1 aromatic carbocycles. The second-order valence-corrected chi connectivity index (χ2v) is 7.87. The average molecular weight is 357 g/mol. The molecule has 1 aliphatic heterocycles. The normalized spacial score (nSPS) is 23.3. The van der Waals surface area contributed by atoms with Gasteiger partial charge in [0.1, 0.15) is 0 Å². The molecule has 0 unspecified atom stereocenters. The molecule has 1 saturated carbocycles. The van der Waals surface area contributed by atoms with Crippen molar-refractivity contribution < 1.29 is 4.79 Å². The molecule has 0 bridgehead atoms. The lowest BCUT2D eigenvalue weighted by molar-refractivity contribution is -0.131. The van der Waals surface area contributed by atoms with Gasteiger partial charge >= 0.3 is 0 Å². The van der Waals surface area contributed by atoms with Crippen LogP contribution in [-0.2, 0) is 4.79 Å². The number of thioether (sulfide) groups is 1. The lowest BCUT2D eigenvalue weighted by Gasteiger charge is -2.41. The van der Waals surface area contributed by atoms with Crippen LogP contribution in [0, 0.1) is 11.8 Å². The molecular formula is C18H23N5OS. The SMILES string of the molecule is O=C(CSc1nnnn1-c1ccccc1)N1CC[C@@H]2CCCC[C@@H]2C1. The highest BCUT2D eigenvalue weighted by Gasteiger charge is 2.32. The first-order valence-corrected chi connectivity index (χ1v) is 10.0. The summed E-state index contributed by atoms with van der Waals surface area (Å²) >= 11 is 1.42. The first-order chi connectivity index (χ1) is 12.3. The minimum Gasteiger partial charge on any atom is -0.342 e. The maximum Gasteiger partial charge on any atom is 0.233 e. The molecule has 25 heavy (non-hydrogen) atoms. The first-order valence-electron chi connectivity index (χ1n) is 9.05. The molecule has 1 amide bonds. The summed E-state index contributed by atoms with van der Waals surface area (Å²) in [6.07, 6.45) is 6.50. The molecule has 0 spiro atoms. The topological polar surface area (TPSA) is 63.9 Å². The van der Waals surface area contributed by atoms with Gasteiger partial charge in [0, 0.05) is 13.1 Å². The van der Waals surface area contributed by atoms with Crippen molar-refractivity contribution in [3.8, 4) is 5.69 Å². The molecule has 1 saturated heterocycles. The van der Waals surface area contributed by atoms with Crippen molar-refractivity contribution in [2.75, 3.05) is 18.8 Å². The van der Waals surface area contributed by atoms with Crippen LogP contribution in [0.3, 0.4) is 0 Å². The Balaban J connectivity index is 1.36. The number of hydrogen-bond donors (Lipinski definition) is 0. The van der Waals surface area contributed by atoms with E-state index in [0.29, 0.717) is 16.8 Å². The smallest absolute Gasteiger partial charge is 0.233 e. The minimum absolute atomic E-state index is 0.205. The van der Waals surface area contributed by atoms with Crippen molar-refractivity contribution in [2.45, 2.75) is 37.3 Å². The van der Waals surface area contributed by atoms with Gasteiger partial charge in [-0.25, -0.2) is 0 Å². The number of benzene rings is 1. The van der Waals surface area contributed by atoms with E-state index in [9.17, 15) is 4.79 Å². The molecule has 2 heterocycles. The standard InChI is InChI=1S/C18H23N5OS/c24-17(22-11-10-14-6-4-5-7-15(14)12-22)13-25-18-19-20-21-23(18)16-8-2-1-3-9-16/h1-3,8-9,14-15H,4-7,10-13H2/t14-,15+/m0/s1. The lowest BCUT2D eigenvalue weighted by atomic mass is 9.75. The maximum atomic E-state index is 12.6. The Bertz CT molecular complexity index is 719. The van der Waals surface area contributed by atoms with E-state index in [1.807, 2.05) is 30.3 Å². The van der Waals surface area contributed by atoms with Crippen molar-refractivity contribution in [1.82, 2.24) is 25.1 Å². The maximum absolute atomic E-state index is 12.6. The summed E-state index contributed by atoms with van der Waals surface area (Å²) < 4.78 is 1.69. The van der Waals surface area contributed by atoms with E-state index < -0.39 is 0 Å². The van der Waals surface area contributed by atoms with Gasteiger partial charge in [-0.3, -0.25) is 4.79 Å². The molecule has 1 aliphatic carbocycles. The number of likely N-dealkylation sites (tertiary alicyclic amines) is 1. The highest BCUT2D eigenvalue weighted by atomic mass is 32.2. The fourth-order valence-corrected chi connectivity index (χ4v) is 4.84. The van der Waals surface area contributed by atoms with Crippen LogP contribution in [0.5, 0.6) is 0 Å². The quantitative estimate of drug-likeness (QED) is 0.787. The Kier molecular flexibility index (Phi) is 5.01. The zero-order chi connectivity index (χ0) is 17.1.